The summed E-state index contributed by atoms with van der Waals surface area (Å²) in [5.74, 6) is 0. The lowest BCUT2D eigenvalue weighted by molar-refractivity contribution is -0.730. The maximum atomic E-state index is 5.56. The van der Waals surface area contributed by atoms with Gasteiger partial charge in [0.1, 0.15) is 12.1 Å². The lowest BCUT2D eigenvalue weighted by Crippen LogP contribution is -2.97. The number of nitrogens with two attached hydrogens (primary N) is 1. The van der Waals surface area contributed by atoms with Gasteiger partial charge in [0.25, 0.3) is 0 Å². The topological polar surface area (TPSA) is 25.8 Å². The first-order chi connectivity index (χ1) is 6.81. The Kier molecular flexibility index (Phi) is 5.49. The Labute approximate surface area is 88.4 Å². The Bertz CT molecular complexity index is 145. The van der Waals surface area contributed by atoms with E-state index >= 15 is 0 Å². The van der Waals surface area contributed by atoms with Gasteiger partial charge in [-0.05, 0) is 25.7 Å². The minimum atomic E-state index is 0.504. The molecule has 0 heterocycles. The molecule has 0 amide bonds. The number of hydrogen-bond donors (Lipinski definition) is 1. The van der Waals surface area contributed by atoms with Crippen LogP contribution in [0.15, 0.2) is 0 Å². The fraction of sp³-hybridized carbons (Fsp3) is 1.00. The van der Waals surface area contributed by atoms with Crippen LogP contribution in [0.4, 0.5) is 0 Å². The average Bonchev–Trinajstić information content (AvgIpc) is 2.26. The second-order valence-corrected chi connectivity index (χ2v) is 4.49. The standard InChI is InChI=1S/C12H25NO/c1-4-10(5-2)13-11-8-6-7-9-12(11)14-3/h10-13H,4-9H2,1-3H3/p+1/t11-,12+/m1/s1. The van der Waals surface area contributed by atoms with Gasteiger partial charge in [-0.15, -0.1) is 0 Å². The number of quaternary nitrogens is 1. The number of rotatable bonds is 5. The third kappa shape index (κ3) is 3.25. The molecule has 1 aliphatic rings. The first kappa shape index (κ1) is 12.0. The highest BCUT2D eigenvalue weighted by atomic mass is 16.5. The Balaban J connectivity index is 2.39. The number of methoxy groups -OCH3 is 1. The van der Waals surface area contributed by atoms with Crippen LogP contribution in [-0.4, -0.2) is 25.3 Å². The van der Waals surface area contributed by atoms with Gasteiger partial charge in [0.15, 0.2) is 0 Å². The van der Waals surface area contributed by atoms with Crippen LogP contribution >= 0.6 is 0 Å². The second kappa shape index (κ2) is 6.41. The fourth-order valence-electron chi connectivity index (χ4n) is 2.55. The van der Waals surface area contributed by atoms with E-state index in [1.54, 1.807) is 0 Å². The van der Waals surface area contributed by atoms with Gasteiger partial charge >= 0.3 is 0 Å². The van der Waals surface area contributed by atoms with E-state index in [1.807, 2.05) is 7.11 Å². The molecule has 0 unspecified atom stereocenters. The van der Waals surface area contributed by atoms with Crippen LogP contribution in [0.3, 0.4) is 0 Å². The van der Waals surface area contributed by atoms with Gasteiger partial charge in [0, 0.05) is 13.5 Å². The second-order valence-electron chi connectivity index (χ2n) is 4.49. The van der Waals surface area contributed by atoms with Gasteiger partial charge in [-0.2, -0.15) is 0 Å². The van der Waals surface area contributed by atoms with E-state index in [4.69, 9.17) is 4.74 Å². The number of ether oxygens (including phenoxy) is 1. The van der Waals surface area contributed by atoms with Crippen LogP contribution in [0.2, 0.25) is 0 Å². The van der Waals surface area contributed by atoms with E-state index in [2.05, 4.69) is 19.2 Å². The molecule has 14 heavy (non-hydrogen) atoms. The minimum absolute atomic E-state index is 0.504. The predicted molar refractivity (Wildman–Crippen MR) is 59.3 cm³/mol. The molecule has 2 atom stereocenters. The van der Waals surface area contributed by atoms with Gasteiger partial charge in [-0.1, -0.05) is 20.3 Å². The molecule has 0 radical (unpaired) electrons. The molecule has 0 spiro atoms. The van der Waals surface area contributed by atoms with E-state index in [0.717, 1.165) is 12.1 Å². The highest BCUT2D eigenvalue weighted by Crippen LogP contribution is 2.18. The van der Waals surface area contributed by atoms with Crippen LogP contribution in [0.25, 0.3) is 0 Å². The zero-order valence-corrected chi connectivity index (χ0v) is 9.96. The summed E-state index contributed by atoms with van der Waals surface area (Å²) in [4.78, 5) is 0. The van der Waals surface area contributed by atoms with Crippen LogP contribution in [0.1, 0.15) is 52.4 Å². The van der Waals surface area contributed by atoms with Crippen LogP contribution in [0.5, 0.6) is 0 Å². The van der Waals surface area contributed by atoms with Crippen molar-refractivity contribution in [1.82, 2.24) is 0 Å². The van der Waals surface area contributed by atoms with Crippen molar-refractivity contribution in [2.75, 3.05) is 7.11 Å². The highest BCUT2D eigenvalue weighted by molar-refractivity contribution is 4.74. The SMILES string of the molecule is CCC(CC)[NH2+][C@@H]1CCCC[C@@H]1OC. The van der Waals surface area contributed by atoms with Crippen molar-refractivity contribution in [3.8, 4) is 0 Å². The van der Waals surface area contributed by atoms with E-state index in [0.29, 0.717) is 6.10 Å². The van der Waals surface area contributed by atoms with Crippen molar-refractivity contribution in [3.05, 3.63) is 0 Å². The maximum absolute atomic E-state index is 5.56. The van der Waals surface area contributed by atoms with E-state index in [1.165, 1.54) is 38.5 Å². The summed E-state index contributed by atoms with van der Waals surface area (Å²) in [5, 5.41) is 2.56. The van der Waals surface area contributed by atoms with E-state index < -0.39 is 0 Å². The summed E-state index contributed by atoms with van der Waals surface area (Å²) in [6.45, 7) is 4.57. The molecule has 0 bridgehead atoms. The van der Waals surface area contributed by atoms with Crippen LogP contribution in [-0.2, 0) is 4.74 Å². The monoisotopic (exact) mass is 200 g/mol. The summed E-state index contributed by atoms with van der Waals surface area (Å²) in [7, 11) is 1.86. The molecule has 1 aliphatic carbocycles. The van der Waals surface area contributed by atoms with Gasteiger partial charge < -0.3 is 10.1 Å². The zero-order valence-electron chi connectivity index (χ0n) is 9.96. The lowest BCUT2D eigenvalue weighted by atomic mass is 9.91. The third-order valence-electron chi connectivity index (χ3n) is 3.62. The van der Waals surface area contributed by atoms with Crippen molar-refractivity contribution in [2.45, 2.75) is 70.6 Å². The molecule has 2 heteroatoms. The van der Waals surface area contributed by atoms with Crippen LogP contribution < -0.4 is 5.32 Å². The molecule has 0 aromatic rings. The van der Waals surface area contributed by atoms with Crippen LogP contribution in [0, 0.1) is 0 Å². The molecule has 1 rings (SSSR count). The molecule has 2 N–H and O–H groups in total. The Morgan fingerprint density at radius 3 is 2.43 bits per heavy atom. The van der Waals surface area contributed by atoms with Gasteiger partial charge in [0.2, 0.25) is 0 Å². The van der Waals surface area contributed by atoms with Crippen molar-refractivity contribution in [3.63, 3.8) is 0 Å². The predicted octanol–water partition coefficient (Wildman–Crippen LogP) is 1.70. The molecule has 0 aliphatic heterocycles. The summed E-state index contributed by atoms with van der Waals surface area (Å²) in [6, 6.07) is 1.52. The number of hydrogen-bond acceptors (Lipinski definition) is 1. The summed E-state index contributed by atoms with van der Waals surface area (Å²) in [5.41, 5.74) is 0. The largest absolute Gasteiger partial charge is 0.375 e. The molecule has 0 aromatic carbocycles. The Morgan fingerprint density at radius 1 is 1.21 bits per heavy atom. The molecule has 0 saturated heterocycles. The minimum Gasteiger partial charge on any atom is -0.375 e. The quantitative estimate of drug-likeness (QED) is 0.718. The highest BCUT2D eigenvalue weighted by Gasteiger charge is 2.29. The fourth-order valence-corrected chi connectivity index (χ4v) is 2.55. The molecule has 1 saturated carbocycles. The van der Waals surface area contributed by atoms with Crippen molar-refractivity contribution in [2.24, 2.45) is 0 Å². The van der Waals surface area contributed by atoms with Gasteiger partial charge in [-0.25, -0.2) is 0 Å². The first-order valence-electron chi connectivity index (χ1n) is 6.19. The summed E-state index contributed by atoms with van der Waals surface area (Å²) in [6.07, 6.45) is 8.41. The summed E-state index contributed by atoms with van der Waals surface area (Å²) >= 11 is 0. The van der Waals surface area contributed by atoms with Crippen molar-refractivity contribution in [1.29, 1.82) is 0 Å². The van der Waals surface area contributed by atoms with Crippen molar-refractivity contribution >= 4 is 0 Å². The van der Waals surface area contributed by atoms with E-state index in [-0.39, 0.29) is 0 Å². The zero-order chi connectivity index (χ0) is 10.4. The normalized spacial score (nSPS) is 28.3. The maximum Gasteiger partial charge on any atom is 0.113 e. The van der Waals surface area contributed by atoms with E-state index in [9.17, 15) is 0 Å². The molecular formula is C12H26NO+. The third-order valence-corrected chi connectivity index (χ3v) is 3.62. The van der Waals surface area contributed by atoms with Gasteiger partial charge in [-0.3, -0.25) is 0 Å². The molecular weight excluding hydrogens is 174 g/mol. The Morgan fingerprint density at radius 2 is 1.86 bits per heavy atom. The van der Waals surface area contributed by atoms with Crippen molar-refractivity contribution < 1.29 is 10.1 Å². The Hall–Kier alpha value is -0.0800. The average molecular weight is 200 g/mol. The molecule has 1 fully saturated rings. The van der Waals surface area contributed by atoms with Gasteiger partial charge in [0.05, 0.1) is 6.04 Å². The molecule has 84 valence electrons. The smallest absolute Gasteiger partial charge is 0.113 e. The lowest BCUT2D eigenvalue weighted by Gasteiger charge is -2.30. The first-order valence-corrected chi connectivity index (χ1v) is 6.19. The summed E-state index contributed by atoms with van der Waals surface area (Å²) < 4.78 is 5.56. The molecule has 0 aromatic heterocycles. The molecule has 2 nitrogen and oxygen atoms in total.